The molecule has 2 aromatic carbocycles. The summed E-state index contributed by atoms with van der Waals surface area (Å²) >= 11 is 0. The molecule has 214 valence electrons. The molecule has 0 fully saturated rings. The van der Waals surface area contributed by atoms with Crippen LogP contribution in [0.4, 0.5) is 0 Å². The lowest BCUT2D eigenvalue weighted by atomic mass is 9.89. The minimum Gasteiger partial charge on any atom is -0.493 e. The minimum absolute atomic E-state index is 0.200. The Balaban J connectivity index is 1.55. The van der Waals surface area contributed by atoms with Gasteiger partial charge in [0, 0.05) is 23.8 Å². The molecule has 0 unspecified atom stereocenters. The molecule has 3 aromatic rings. The molecule has 0 saturated heterocycles. The highest BCUT2D eigenvalue weighted by molar-refractivity contribution is 5.96. The quantitative estimate of drug-likeness (QED) is 0.0891. The normalized spacial score (nSPS) is 13.3. The minimum atomic E-state index is -0.200. The van der Waals surface area contributed by atoms with Crippen LogP contribution >= 0.6 is 0 Å². The summed E-state index contributed by atoms with van der Waals surface area (Å²) in [5, 5.41) is 2.06. The summed E-state index contributed by atoms with van der Waals surface area (Å²) in [6.07, 6.45) is 16.2. The Morgan fingerprint density at radius 1 is 0.900 bits per heavy atom. The molecule has 0 amide bonds. The number of aromatic nitrogens is 1. The highest BCUT2D eigenvalue weighted by atomic mass is 16.7. The second-order valence-electron chi connectivity index (χ2n) is 11.1. The zero-order valence-corrected chi connectivity index (χ0v) is 24.5. The number of hydrogen-bond donors (Lipinski definition) is 0. The van der Waals surface area contributed by atoms with Crippen LogP contribution in [0.25, 0.3) is 22.0 Å². The van der Waals surface area contributed by atoms with Crippen LogP contribution in [0.5, 0.6) is 23.0 Å². The predicted octanol–water partition coefficient (Wildman–Crippen LogP) is 7.87. The average Bonchev–Trinajstić information content (AvgIpc) is 3.43. The molecule has 0 spiro atoms. The van der Waals surface area contributed by atoms with E-state index >= 15 is 0 Å². The molecule has 3 heterocycles. The van der Waals surface area contributed by atoms with E-state index in [1.807, 2.05) is 6.07 Å². The first-order valence-electron chi connectivity index (χ1n) is 15.3. The third-order valence-corrected chi connectivity index (χ3v) is 8.27. The molecule has 1 aromatic heterocycles. The fourth-order valence-electron chi connectivity index (χ4n) is 6.10. The van der Waals surface area contributed by atoms with Crippen LogP contribution in [0.1, 0.15) is 95.6 Å². The number of ether oxygens (including phenoxy) is 4. The lowest BCUT2D eigenvalue weighted by Crippen LogP contribution is -2.41. The van der Waals surface area contributed by atoms with Crippen molar-refractivity contribution in [1.29, 1.82) is 0 Å². The first-order valence-corrected chi connectivity index (χ1v) is 15.3. The second kappa shape index (κ2) is 13.4. The fraction of sp³-hybridized carbons (Fsp3) is 0.529. The number of rotatable bonds is 14. The number of fused-ring (bicyclic) bond motifs is 5. The molecule has 2 aliphatic heterocycles. The van der Waals surface area contributed by atoms with Crippen LogP contribution in [0.2, 0.25) is 0 Å². The zero-order valence-electron chi connectivity index (χ0n) is 24.5. The number of carbonyl (C=O) groups is 1. The molecule has 5 rings (SSSR count). The highest BCUT2D eigenvalue weighted by Crippen LogP contribution is 2.44. The molecule has 0 bridgehead atoms. The van der Waals surface area contributed by atoms with Crippen molar-refractivity contribution in [2.24, 2.45) is 0 Å². The average molecular weight is 547 g/mol. The van der Waals surface area contributed by atoms with Gasteiger partial charge in [-0.1, -0.05) is 65.2 Å². The largest absolute Gasteiger partial charge is 0.493 e. The molecule has 0 atom stereocenters. The van der Waals surface area contributed by atoms with Crippen LogP contribution < -0.4 is 23.5 Å². The highest BCUT2D eigenvalue weighted by Gasteiger charge is 2.32. The van der Waals surface area contributed by atoms with E-state index < -0.39 is 0 Å². The van der Waals surface area contributed by atoms with Crippen molar-refractivity contribution in [2.45, 2.75) is 104 Å². The summed E-state index contributed by atoms with van der Waals surface area (Å²) in [6, 6.07) is 8.40. The first-order chi connectivity index (χ1) is 19.6. The lowest BCUT2D eigenvalue weighted by Gasteiger charge is -2.21. The number of carbonyl (C=O) groups excluding carboxylic acids is 1. The van der Waals surface area contributed by atoms with Crippen molar-refractivity contribution in [2.75, 3.05) is 13.9 Å². The topological polar surface area (TPSA) is 57.9 Å². The molecule has 0 radical (unpaired) electrons. The summed E-state index contributed by atoms with van der Waals surface area (Å²) in [6.45, 7) is 5.52. The van der Waals surface area contributed by atoms with E-state index in [1.54, 1.807) is 7.11 Å². The Morgan fingerprint density at radius 3 is 2.40 bits per heavy atom. The van der Waals surface area contributed by atoms with Gasteiger partial charge in [-0.25, -0.2) is 0 Å². The Hall–Kier alpha value is -3.28. The summed E-state index contributed by atoms with van der Waals surface area (Å²) in [5.41, 5.74) is 5.05. The van der Waals surface area contributed by atoms with Crippen LogP contribution in [0.15, 0.2) is 30.5 Å². The van der Waals surface area contributed by atoms with Gasteiger partial charge in [0.1, 0.15) is 0 Å². The fourth-order valence-corrected chi connectivity index (χ4v) is 6.10. The Labute approximate surface area is 238 Å². The predicted molar refractivity (Wildman–Crippen MR) is 157 cm³/mol. The summed E-state index contributed by atoms with van der Waals surface area (Å²) in [5.74, 6) is 2.58. The van der Waals surface area contributed by atoms with Crippen LogP contribution in [0, 0.1) is 0 Å². The number of methoxy groups -OCH3 is 1. The van der Waals surface area contributed by atoms with Gasteiger partial charge in [0.05, 0.1) is 18.1 Å². The summed E-state index contributed by atoms with van der Waals surface area (Å²) < 4.78 is 25.6. The van der Waals surface area contributed by atoms with Gasteiger partial charge in [-0.05, 0) is 49.1 Å². The van der Waals surface area contributed by atoms with Crippen LogP contribution in [-0.4, -0.2) is 19.9 Å². The van der Waals surface area contributed by atoms with E-state index in [0.717, 1.165) is 67.3 Å². The van der Waals surface area contributed by atoms with Crippen molar-refractivity contribution < 1.29 is 28.3 Å². The second-order valence-corrected chi connectivity index (χ2v) is 11.1. The molecule has 2 aliphatic rings. The molecular formula is C34H44NO5+. The third-order valence-electron chi connectivity index (χ3n) is 8.27. The number of nitrogens with zero attached hydrogens (tertiary/aromatic N) is 1. The van der Waals surface area contributed by atoms with Gasteiger partial charge < -0.3 is 18.9 Å². The van der Waals surface area contributed by atoms with Crippen molar-refractivity contribution in [3.8, 4) is 34.3 Å². The van der Waals surface area contributed by atoms with Gasteiger partial charge in [0.15, 0.2) is 35.7 Å². The lowest BCUT2D eigenvalue weighted by molar-refractivity contribution is -0.686. The molecular weight excluding hydrogens is 502 g/mol. The molecule has 40 heavy (non-hydrogen) atoms. The van der Waals surface area contributed by atoms with E-state index in [9.17, 15) is 4.79 Å². The van der Waals surface area contributed by atoms with Gasteiger partial charge in [0.25, 0.3) is 0 Å². The van der Waals surface area contributed by atoms with Crippen molar-refractivity contribution >= 4 is 16.7 Å². The summed E-state index contributed by atoms with van der Waals surface area (Å²) in [4.78, 5) is 12.9. The number of hydrogen-bond acceptors (Lipinski definition) is 5. The smallest absolute Gasteiger partial charge is 0.311 e. The van der Waals surface area contributed by atoms with Crippen LogP contribution in [-0.2, 0) is 24.2 Å². The van der Waals surface area contributed by atoms with Crippen molar-refractivity contribution in [1.82, 2.24) is 0 Å². The van der Waals surface area contributed by atoms with Gasteiger partial charge in [-0.2, -0.15) is 4.57 Å². The number of aryl methyl sites for hydroxylation is 3. The number of unbranched alkanes of at least 4 members (excludes halogenated alkanes) is 8. The van der Waals surface area contributed by atoms with E-state index in [1.165, 1.54) is 60.9 Å². The summed E-state index contributed by atoms with van der Waals surface area (Å²) in [7, 11) is 1.64. The maximum absolute atomic E-state index is 12.9. The van der Waals surface area contributed by atoms with E-state index in [0.29, 0.717) is 17.9 Å². The van der Waals surface area contributed by atoms with Gasteiger partial charge in [0.2, 0.25) is 12.5 Å². The molecule has 6 heteroatoms. The van der Waals surface area contributed by atoms with Crippen molar-refractivity contribution in [3.05, 3.63) is 41.6 Å². The van der Waals surface area contributed by atoms with Crippen molar-refractivity contribution in [3.63, 3.8) is 0 Å². The molecule has 6 nitrogen and oxygen atoms in total. The maximum atomic E-state index is 12.9. The van der Waals surface area contributed by atoms with Crippen LogP contribution in [0.3, 0.4) is 0 Å². The first kappa shape index (κ1) is 28.3. The molecule has 0 aliphatic carbocycles. The number of esters is 1. The molecule has 0 saturated carbocycles. The molecule has 0 N–H and O–H groups in total. The third kappa shape index (κ3) is 6.06. The standard InChI is InChI=1S/C34H44NO5/c1-4-6-8-9-10-11-13-14-26-25-16-17-29(37-3)34(40-32(36)15-12-7-5-2)28(25)22-35-19-18-24-20-30-31(39-23-38-30)21-27(24)33(26)35/h16-17,20-22H,4-15,18-19,23H2,1-3H3/q+1. The SMILES string of the molecule is CCCCCCCCCc1c2[n+](cc3c(OC(=O)CCCCC)c(OC)ccc13)CCc1cc3c(cc1-2)OCO3. The Morgan fingerprint density at radius 2 is 1.62 bits per heavy atom. The van der Waals surface area contributed by atoms with E-state index in [4.69, 9.17) is 18.9 Å². The zero-order chi connectivity index (χ0) is 27.9. The van der Waals surface area contributed by atoms with E-state index in [2.05, 4.69) is 42.8 Å². The Kier molecular flexibility index (Phi) is 9.45. The van der Waals surface area contributed by atoms with E-state index in [-0.39, 0.29) is 12.8 Å². The number of benzene rings is 2. The Bertz CT molecular complexity index is 1350. The van der Waals surface area contributed by atoms with Gasteiger partial charge in [-0.3, -0.25) is 4.79 Å². The van der Waals surface area contributed by atoms with Gasteiger partial charge >= 0.3 is 5.97 Å². The maximum Gasteiger partial charge on any atom is 0.311 e. The van der Waals surface area contributed by atoms with Gasteiger partial charge in [-0.15, -0.1) is 0 Å². The number of pyridine rings is 1. The monoisotopic (exact) mass is 546 g/mol.